The molecule has 9 heteroatoms. The third-order valence-corrected chi connectivity index (χ3v) is 5.88. The number of hydrogen-bond donors (Lipinski definition) is 4. The Morgan fingerprint density at radius 3 is 2.59 bits per heavy atom. The smallest absolute Gasteiger partial charge is 0.255 e. The van der Waals surface area contributed by atoms with Gasteiger partial charge in [-0.2, -0.15) is 5.26 Å². The van der Waals surface area contributed by atoms with Gasteiger partial charge in [0.1, 0.15) is 11.6 Å². The fourth-order valence-electron chi connectivity index (χ4n) is 3.77. The van der Waals surface area contributed by atoms with E-state index in [0.717, 1.165) is 5.56 Å². The van der Waals surface area contributed by atoms with Crippen molar-refractivity contribution in [1.82, 2.24) is 15.6 Å². The number of rotatable bonds is 11. The van der Waals surface area contributed by atoms with Crippen LogP contribution < -0.4 is 21.7 Å². The third kappa shape index (κ3) is 7.59. The van der Waals surface area contributed by atoms with Crippen LogP contribution in [-0.2, 0) is 11.2 Å². The molecule has 0 spiro atoms. The Bertz CT molecular complexity index is 1290. The predicted octanol–water partition coefficient (Wildman–Crippen LogP) is 3.24. The predicted molar refractivity (Wildman–Crippen MR) is 141 cm³/mol. The largest absolute Gasteiger partial charge is 0.369 e. The van der Waals surface area contributed by atoms with E-state index in [0.29, 0.717) is 41.2 Å². The van der Waals surface area contributed by atoms with Crippen molar-refractivity contribution >= 4 is 17.6 Å². The molecule has 37 heavy (non-hydrogen) atoms. The van der Waals surface area contributed by atoms with Crippen LogP contribution in [0.15, 0.2) is 60.7 Å². The van der Waals surface area contributed by atoms with E-state index >= 15 is 0 Å². The average Bonchev–Trinajstić information content (AvgIpc) is 2.90. The van der Waals surface area contributed by atoms with Crippen molar-refractivity contribution in [1.29, 1.82) is 5.26 Å². The van der Waals surface area contributed by atoms with Gasteiger partial charge in [0, 0.05) is 24.7 Å². The van der Waals surface area contributed by atoms with Crippen LogP contribution in [-0.4, -0.2) is 42.5 Å². The zero-order valence-electron chi connectivity index (χ0n) is 20.9. The standard InChI is InChI=1S/C28H31FN6O2/c1-18(2)25(34-26(36)16-31)17-33-28(37)23-10-11-24(22-9-4-3-7-20(22)15-30)35-27(23)32-13-12-19-6-5-8-21(29)14-19/h3-11,14,18,25H,12-13,16-17,31H2,1-2H3,(H,32,35)(H,33,37)(H,34,36)/t25-/m0/s1. The fourth-order valence-corrected chi connectivity index (χ4v) is 3.77. The lowest BCUT2D eigenvalue weighted by Gasteiger charge is -2.23. The minimum Gasteiger partial charge on any atom is -0.369 e. The maximum absolute atomic E-state index is 13.6. The molecule has 2 aromatic carbocycles. The monoisotopic (exact) mass is 502 g/mol. The molecule has 0 fully saturated rings. The summed E-state index contributed by atoms with van der Waals surface area (Å²) in [5.41, 5.74) is 8.18. The molecule has 0 aliphatic rings. The first-order valence-electron chi connectivity index (χ1n) is 12.1. The molecular formula is C28H31FN6O2. The topological polar surface area (TPSA) is 133 Å². The Balaban J connectivity index is 1.84. The van der Waals surface area contributed by atoms with Crippen LogP contribution in [0.3, 0.4) is 0 Å². The van der Waals surface area contributed by atoms with Crippen LogP contribution in [0.25, 0.3) is 11.3 Å². The second-order valence-electron chi connectivity index (χ2n) is 8.89. The van der Waals surface area contributed by atoms with E-state index in [1.165, 1.54) is 12.1 Å². The Labute approximate surface area is 216 Å². The number of carbonyl (C=O) groups is 2. The van der Waals surface area contributed by atoms with Crippen molar-refractivity contribution in [3.63, 3.8) is 0 Å². The molecule has 0 saturated heterocycles. The Morgan fingerprint density at radius 1 is 1.11 bits per heavy atom. The number of benzene rings is 2. The molecule has 2 amide bonds. The van der Waals surface area contributed by atoms with Gasteiger partial charge in [0.15, 0.2) is 0 Å². The molecule has 1 atom stereocenters. The first-order chi connectivity index (χ1) is 17.8. The number of aromatic nitrogens is 1. The molecule has 0 aliphatic carbocycles. The highest BCUT2D eigenvalue weighted by atomic mass is 19.1. The Kier molecular flexibility index (Phi) is 9.69. The quantitative estimate of drug-likeness (QED) is 0.318. The highest BCUT2D eigenvalue weighted by molar-refractivity contribution is 5.99. The van der Waals surface area contributed by atoms with E-state index in [-0.39, 0.29) is 42.7 Å². The van der Waals surface area contributed by atoms with Gasteiger partial charge in [0.25, 0.3) is 5.91 Å². The van der Waals surface area contributed by atoms with Gasteiger partial charge in [-0.25, -0.2) is 9.37 Å². The molecule has 0 bridgehead atoms. The molecule has 1 aromatic heterocycles. The molecule has 8 nitrogen and oxygen atoms in total. The first kappa shape index (κ1) is 27.3. The minimum absolute atomic E-state index is 0.0719. The van der Waals surface area contributed by atoms with Gasteiger partial charge >= 0.3 is 0 Å². The summed E-state index contributed by atoms with van der Waals surface area (Å²) in [6.45, 7) is 4.36. The van der Waals surface area contributed by atoms with Gasteiger partial charge < -0.3 is 21.7 Å². The summed E-state index contributed by atoms with van der Waals surface area (Å²) in [5, 5.41) is 18.4. The number of amides is 2. The van der Waals surface area contributed by atoms with Crippen molar-refractivity contribution in [2.75, 3.05) is 25.0 Å². The molecule has 1 heterocycles. The molecule has 0 unspecified atom stereocenters. The van der Waals surface area contributed by atoms with Crippen molar-refractivity contribution < 1.29 is 14.0 Å². The number of nitrogens with two attached hydrogens (primary N) is 1. The first-order valence-corrected chi connectivity index (χ1v) is 12.1. The van der Waals surface area contributed by atoms with Gasteiger partial charge in [-0.05, 0) is 48.2 Å². The van der Waals surface area contributed by atoms with Gasteiger partial charge in [0.05, 0.1) is 29.4 Å². The summed E-state index contributed by atoms with van der Waals surface area (Å²) in [6, 6.07) is 18.6. The fraction of sp³-hybridized carbons (Fsp3) is 0.286. The molecule has 3 aromatic rings. The summed E-state index contributed by atoms with van der Waals surface area (Å²) in [6.07, 6.45) is 0.514. The van der Waals surface area contributed by atoms with Crippen LogP contribution in [0.1, 0.15) is 35.3 Å². The zero-order chi connectivity index (χ0) is 26.8. The van der Waals surface area contributed by atoms with Gasteiger partial charge in [-0.1, -0.05) is 44.2 Å². The molecule has 5 N–H and O–H groups in total. The Morgan fingerprint density at radius 2 is 1.89 bits per heavy atom. The molecule has 0 saturated carbocycles. The minimum atomic E-state index is -0.367. The summed E-state index contributed by atoms with van der Waals surface area (Å²) in [7, 11) is 0. The SMILES string of the molecule is CC(C)[C@H](CNC(=O)c1ccc(-c2ccccc2C#N)nc1NCCc1cccc(F)c1)NC(=O)CN. The Hall–Kier alpha value is -4.29. The second-order valence-corrected chi connectivity index (χ2v) is 8.89. The number of pyridine rings is 1. The van der Waals surface area contributed by atoms with Gasteiger partial charge in [0.2, 0.25) is 5.91 Å². The van der Waals surface area contributed by atoms with E-state index in [2.05, 4.69) is 27.0 Å². The third-order valence-electron chi connectivity index (χ3n) is 5.88. The summed E-state index contributed by atoms with van der Waals surface area (Å²) < 4.78 is 13.6. The van der Waals surface area contributed by atoms with Crippen molar-refractivity contribution in [2.45, 2.75) is 26.3 Å². The van der Waals surface area contributed by atoms with Crippen LogP contribution in [0.5, 0.6) is 0 Å². The summed E-state index contributed by atoms with van der Waals surface area (Å²) >= 11 is 0. The number of nitrogens with one attached hydrogen (secondary N) is 3. The van der Waals surface area contributed by atoms with E-state index in [9.17, 15) is 19.2 Å². The highest BCUT2D eigenvalue weighted by Gasteiger charge is 2.20. The number of nitrogens with zero attached hydrogens (tertiary/aromatic N) is 2. The van der Waals surface area contributed by atoms with Crippen molar-refractivity contribution in [3.05, 3.63) is 83.2 Å². The highest BCUT2D eigenvalue weighted by Crippen LogP contribution is 2.25. The maximum Gasteiger partial charge on any atom is 0.255 e. The molecule has 0 radical (unpaired) electrons. The molecule has 0 aliphatic heterocycles. The number of nitriles is 1. The van der Waals surface area contributed by atoms with Crippen LogP contribution in [0.2, 0.25) is 0 Å². The van der Waals surface area contributed by atoms with Crippen molar-refractivity contribution in [2.24, 2.45) is 11.7 Å². The lowest BCUT2D eigenvalue weighted by atomic mass is 10.0. The lowest BCUT2D eigenvalue weighted by Crippen LogP contribution is -2.48. The summed E-state index contributed by atoms with van der Waals surface area (Å²) in [5.74, 6) is -0.565. The zero-order valence-corrected chi connectivity index (χ0v) is 20.9. The number of hydrogen-bond acceptors (Lipinski definition) is 6. The number of carbonyl (C=O) groups excluding carboxylic acids is 2. The lowest BCUT2D eigenvalue weighted by molar-refractivity contribution is -0.120. The molecule has 192 valence electrons. The maximum atomic E-state index is 13.6. The van der Waals surface area contributed by atoms with E-state index < -0.39 is 0 Å². The normalized spacial score (nSPS) is 11.5. The summed E-state index contributed by atoms with van der Waals surface area (Å²) in [4.78, 5) is 29.6. The van der Waals surface area contributed by atoms with E-state index in [1.54, 1.807) is 36.4 Å². The van der Waals surface area contributed by atoms with Crippen LogP contribution >= 0.6 is 0 Å². The van der Waals surface area contributed by atoms with Gasteiger partial charge in [-0.15, -0.1) is 0 Å². The average molecular weight is 503 g/mol. The van der Waals surface area contributed by atoms with Crippen LogP contribution in [0.4, 0.5) is 10.2 Å². The molecular weight excluding hydrogens is 471 g/mol. The number of halogens is 1. The van der Waals surface area contributed by atoms with E-state index in [4.69, 9.17) is 5.73 Å². The van der Waals surface area contributed by atoms with Gasteiger partial charge in [-0.3, -0.25) is 9.59 Å². The van der Waals surface area contributed by atoms with Crippen LogP contribution in [0, 0.1) is 23.1 Å². The number of anilines is 1. The van der Waals surface area contributed by atoms with E-state index in [1.807, 2.05) is 26.0 Å². The second kappa shape index (κ2) is 13.1. The van der Waals surface area contributed by atoms with Crippen molar-refractivity contribution in [3.8, 4) is 17.3 Å². The molecule has 3 rings (SSSR count).